The molecule has 1 saturated heterocycles. The lowest BCUT2D eigenvalue weighted by Gasteiger charge is -2.61. The molecule has 0 radical (unpaired) electrons. The maximum absolute atomic E-state index is 12.5. The van der Waals surface area contributed by atoms with Crippen LogP contribution in [0.4, 0.5) is 13.2 Å². The molecule has 2 aliphatic heterocycles. The number of rotatable bonds is 3. The maximum Gasteiger partial charge on any atom is 0.490 e. The number of likely N-dealkylation sites (N-methyl/N-ethyl adjacent to an activating group) is 1. The number of aromatic hydroxyl groups is 1. The first-order valence-corrected chi connectivity index (χ1v) is 11.5. The van der Waals surface area contributed by atoms with Crippen molar-refractivity contribution in [1.29, 1.82) is 0 Å². The van der Waals surface area contributed by atoms with Crippen molar-refractivity contribution < 1.29 is 57.1 Å². The molecule has 1 aromatic carbocycles. The number of carboxylic acids is 1. The highest BCUT2D eigenvalue weighted by molar-refractivity contribution is 5.79. The molecule has 2 bridgehead atoms. The fraction of sp³-hybridized carbons (Fsp3) is 0.542. The van der Waals surface area contributed by atoms with Gasteiger partial charge in [-0.1, -0.05) is 6.07 Å². The minimum atomic E-state index is -5.08. The first kappa shape index (κ1) is 26.7. The summed E-state index contributed by atoms with van der Waals surface area (Å²) in [5, 5.41) is 29.6. The van der Waals surface area contributed by atoms with Crippen LogP contribution in [0.5, 0.6) is 11.5 Å². The smallest absolute Gasteiger partial charge is 0.490 e. The summed E-state index contributed by atoms with van der Waals surface area (Å²) in [4.78, 5) is 34.8. The molecule has 0 aromatic heterocycles. The number of esters is 2. The molecule has 1 aromatic rings. The lowest BCUT2D eigenvalue weighted by molar-refractivity contribution is -0.192. The molecule has 1 unspecified atom stereocenters. The third-order valence-electron chi connectivity index (χ3n) is 7.49. The topological polar surface area (TPSA) is 143 Å². The number of piperidine rings is 1. The van der Waals surface area contributed by atoms with E-state index in [-0.39, 0.29) is 17.6 Å². The lowest BCUT2D eigenvalue weighted by atomic mass is 9.50. The summed E-state index contributed by atoms with van der Waals surface area (Å²) < 4.78 is 48.5. The summed E-state index contributed by atoms with van der Waals surface area (Å²) in [6, 6.07) is 3.38. The molecule has 1 spiro atoms. The zero-order valence-electron chi connectivity index (χ0n) is 20.2. The van der Waals surface area contributed by atoms with Crippen molar-refractivity contribution in [2.45, 2.75) is 68.6 Å². The Labute approximate surface area is 209 Å². The third kappa shape index (κ3) is 4.09. The van der Waals surface area contributed by atoms with Crippen LogP contribution in [-0.4, -0.2) is 81.7 Å². The van der Waals surface area contributed by atoms with Gasteiger partial charge in [0.15, 0.2) is 23.7 Å². The van der Waals surface area contributed by atoms with Gasteiger partial charge in [0.05, 0.1) is 11.0 Å². The van der Waals surface area contributed by atoms with Crippen molar-refractivity contribution >= 4 is 17.9 Å². The molecule has 2 aliphatic carbocycles. The van der Waals surface area contributed by atoms with Crippen LogP contribution in [0.15, 0.2) is 24.0 Å². The third-order valence-corrected chi connectivity index (χ3v) is 7.49. The van der Waals surface area contributed by atoms with Gasteiger partial charge < -0.3 is 34.4 Å². The molecule has 0 amide bonds. The predicted molar refractivity (Wildman–Crippen MR) is 118 cm³/mol. The van der Waals surface area contributed by atoms with Gasteiger partial charge in [0.25, 0.3) is 0 Å². The number of carbonyl (C=O) groups is 3. The molecule has 3 N–H and O–H groups in total. The average Bonchev–Trinajstić information content (AvgIpc) is 3.15. The van der Waals surface area contributed by atoms with Crippen LogP contribution in [0.25, 0.3) is 0 Å². The number of phenolic OH excluding ortho intramolecular Hbond substituents is 1. The van der Waals surface area contributed by atoms with E-state index in [9.17, 15) is 33.0 Å². The van der Waals surface area contributed by atoms with E-state index in [0.717, 1.165) is 17.7 Å². The van der Waals surface area contributed by atoms with Crippen LogP contribution in [0.1, 0.15) is 37.8 Å². The van der Waals surface area contributed by atoms with Crippen LogP contribution in [-0.2, 0) is 35.7 Å². The van der Waals surface area contributed by atoms with Gasteiger partial charge in [-0.25, -0.2) is 9.59 Å². The maximum atomic E-state index is 12.5. The Morgan fingerprint density at radius 2 is 1.92 bits per heavy atom. The van der Waals surface area contributed by atoms with Gasteiger partial charge in [-0.3, -0.25) is 4.79 Å². The van der Waals surface area contributed by atoms with Gasteiger partial charge in [-0.2, -0.15) is 13.2 Å². The number of benzene rings is 1. The van der Waals surface area contributed by atoms with Crippen molar-refractivity contribution in [3.63, 3.8) is 0 Å². The van der Waals surface area contributed by atoms with E-state index in [1.165, 1.54) is 13.8 Å². The van der Waals surface area contributed by atoms with Gasteiger partial charge in [0.2, 0.25) is 0 Å². The number of aliphatic carboxylic acids is 1. The van der Waals surface area contributed by atoms with Gasteiger partial charge >= 0.3 is 24.1 Å². The molecule has 5 atom stereocenters. The van der Waals surface area contributed by atoms with E-state index in [1.807, 2.05) is 13.1 Å². The zero-order chi connectivity index (χ0) is 27.5. The average molecular weight is 529 g/mol. The quantitative estimate of drug-likeness (QED) is 0.496. The number of carboxylic acid groups (broad SMARTS) is 1. The Morgan fingerprint density at radius 3 is 2.51 bits per heavy atom. The molecule has 10 nitrogen and oxygen atoms in total. The molecule has 37 heavy (non-hydrogen) atoms. The number of ether oxygens (including phenoxy) is 3. The summed E-state index contributed by atoms with van der Waals surface area (Å²) in [5.74, 6) is -3.38. The monoisotopic (exact) mass is 529 g/mol. The molecule has 202 valence electrons. The minimum absolute atomic E-state index is 0.0104. The summed E-state index contributed by atoms with van der Waals surface area (Å²) in [7, 11) is 2.01. The van der Waals surface area contributed by atoms with Gasteiger partial charge in [0.1, 0.15) is 5.76 Å². The van der Waals surface area contributed by atoms with Crippen LogP contribution >= 0.6 is 0 Å². The first-order valence-electron chi connectivity index (χ1n) is 11.5. The Balaban J connectivity index is 0.000000405. The molecule has 1 fully saturated rings. The second-order valence-electron chi connectivity index (χ2n) is 9.58. The van der Waals surface area contributed by atoms with E-state index >= 15 is 0 Å². The van der Waals surface area contributed by atoms with Crippen LogP contribution in [0.3, 0.4) is 0 Å². The summed E-state index contributed by atoms with van der Waals surface area (Å²) in [5.41, 5.74) is -0.0731. The van der Waals surface area contributed by atoms with Gasteiger partial charge in [-0.15, -0.1) is 0 Å². The summed E-state index contributed by atoms with van der Waals surface area (Å²) in [6.07, 6.45) is -3.66. The molecule has 0 saturated carbocycles. The largest absolute Gasteiger partial charge is 0.504 e. The molecule has 2 heterocycles. The van der Waals surface area contributed by atoms with Gasteiger partial charge in [0, 0.05) is 24.9 Å². The Hall–Kier alpha value is -3.32. The normalized spacial score (nSPS) is 30.0. The van der Waals surface area contributed by atoms with Crippen LogP contribution < -0.4 is 4.74 Å². The standard InChI is InChI=1S/C22H25NO7.C2HF3O2/c1-11(28-12(2)24)20(26)29-15-6-7-22(27)16-10-13-4-5-14(25)18-17(13)21(22,19(15)30-18)8-9-23(16)3;3-2(4,5)1(6)7/h4-6,11,16,19,25,27H,7-10H2,1-3H3;(H,6,7)/t11-,16?,19-,21-,22-;/m0./s1. The van der Waals surface area contributed by atoms with E-state index in [0.29, 0.717) is 25.0 Å². The van der Waals surface area contributed by atoms with Gasteiger partial charge in [-0.05, 0) is 51.1 Å². The number of phenols is 1. The second-order valence-corrected chi connectivity index (χ2v) is 9.58. The number of aliphatic hydroxyl groups is 1. The zero-order valence-corrected chi connectivity index (χ0v) is 20.2. The number of hydrogen-bond donors (Lipinski definition) is 3. The highest BCUT2D eigenvalue weighted by atomic mass is 19.4. The SMILES string of the molecule is CC(=O)O[C@@H](C)C(=O)OC1=CC[C@]2(O)C3Cc4ccc(O)c5c4[C@@]2(CCN3C)[C@H]1O5.O=C(O)C(F)(F)F. The number of halogens is 3. The van der Waals surface area contributed by atoms with Crippen LogP contribution in [0.2, 0.25) is 0 Å². The molecular formula is C24H26F3NO9. The Kier molecular flexibility index (Phi) is 6.44. The van der Waals surface area contributed by atoms with Crippen LogP contribution in [0, 0.1) is 0 Å². The molecule has 13 heteroatoms. The van der Waals surface area contributed by atoms with Crippen molar-refractivity contribution in [2.75, 3.05) is 13.6 Å². The Bertz CT molecular complexity index is 1180. The minimum Gasteiger partial charge on any atom is -0.504 e. The van der Waals surface area contributed by atoms with Crippen molar-refractivity contribution in [3.8, 4) is 11.5 Å². The number of alkyl halides is 3. The molecule has 4 aliphatic rings. The Morgan fingerprint density at radius 1 is 1.27 bits per heavy atom. The second kappa shape index (κ2) is 8.91. The van der Waals surface area contributed by atoms with Crippen molar-refractivity contribution in [2.24, 2.45) is 0 Å². The van der Waals surface area contributed by atoms with E-state index in [1.54, 1.807) is 12.1 Å². The van der Waals surface area contributed by atoms with Crippen molar-refractivity contribution in [1.82, 2.24) is 4.90 Å². The number of hydrogen-bond acceptors (Lipinski definition) is 9. The highest BCUT2D eigenvalue weighted by Crippen LogP contribution is 2.65. The summed E-state index contributed by atoms with van der Waals surface area (Å²) in [6.45, 7) is 3.42. The predicted octanol–water partition coefficient (Wildman–Crippen LogP) is 1.80. The fourth-order valence-electron chi connectivity index (χ4n) is 5.93. The number of likely N-dealkylation sites (tertiary alicyclic amines) is 1. The van der Waals surface area contributed by atoms with Crippen molar-refractivity contribution in [3.05, 3.63) is 35.1 Å². The fourth-order valence-corrected chi connectivity index (χ4v) is 5.93. The lowest BCUT2D eigenvalue weighted by Crippen LogP contribution is -2.74. The number of nitrogens with zero attached hydrogens (tertiary/aromatic N) is 1. The highest BCUT2D eigenvalue weighted by Gasteiger charge is 2.72. The van der Waals surface area contributed by atoms with E-state index in [4.69, 9.17) is 24.1 Å². The first-order chi connectivity index (χ1) is 17.1. The van der Waals surface area contributed by atoms with E-state index in [2.05, 4.69) is 4.90 Å². The number of carbonyl (C=O) groups excluding carboxylic acids is 2. The van der Waals surface area contributed by atoms with E-state index < -0.39 is 47.3 Å². The summed E-state index contributed by atoms with van der Waals surface area (Å²) >= 11 is 0. The molecular weight excluding hydrogens is 503 g/mol. The molecule has 5 rings (SSSR count).